The summed E-state index contributed by atoms with van der Waals surface area (Å²) in [5.74, 6) is -39.8. The van der Waals surface area contributed by atoms with E-state index in [9.17, 15) is 71.1 Å². The van der Waals surface area contributed by atoms with Crippen LogP contribution in [-0.4, -0.2) is 29.9 Å². The second-order valence-corrected chi connectivity index (χ2v) is 16.1. The van der Waals surface area contributed by atoms with Gasteiger partial charge in [0.1, 0.15) is 56.8 Å². The molecule has 10 rings (SSSR count). The molecule has 30 heteroatoms. The highest BCUT2D eigenvalue weighted by Crippen LogP contribution is 2.50. The normalized spacial score (nSPS) is 11.0. The van der Waals surface area contributed by atoms with Crippen LogP contribution in [0.3, 0.4) is 0 Å². The molecule has 384 valence electrons. The first-order valence-corrected chi connectivity index (χ1v) is 21.0. The molecule has 0 aliphatic heterocycles. The van der Waals surface area contributed by atoms with Gasteiger partial charge >= 0.3 is 0 Å². The van der Waals surface area contributed by atoms with Gasteiger partial charge in [-0.2, -0.15) is 31.6 Å². The predicted octanol–water partition coefficient (Wildman–Crippen LogP) is 12.9. The van der Waals surface area contributed by atoms with Crippen molar-refractivity contribution >= 4 is 83.3 Å². The second kappa shape index (κ2) is 18.2. The minimum atomic E-state index is -2.72. The van der Waals surface area contributed by atoms with Gasteiger partial charge in [-0.1, -0.05) is 0 Å². The predicted molar refractivity (Wildman–Crippen MR) is 241 cm³/mol. The van der Waals surface area contributed by atoms with Gasteiger partial charge in [-0.15, -0.1) is 0 Å². The summed E-state index contributed by atoms with van der Waals surface area (Å²) < 4.78 is 226. The molecule has 0 saturated heterocycles. The quantitative estimate of drug-likeness (QED) is 0.0401. The van der Waals surface area contributed by atoms with Gasteiger partial charge in [0.25, 0.3) is 0 Å². The summed E-state index contributed by atoms with van der Waals surface area (Å²) in [5.41, 5.74) is -33.8. The van der Waals surface area contributed by atoms with Crippen LogP contribution in [0.15, 0.2) is 0 Å². The van der Waals surface area contributed by atoms with Crippen LogP contribution in [0.1, 0.15) is 33.4 Å². The van der Waals surface area contributed by atoms with Crippen LogP contribution in [0.25, 0.3) is 114 Å². The number of aromatic nitrogens is 6. The Hall–Kier alpha value is -12.3. The van der Waals surface area contributed by atoms with E-state index in [1.807, 2.05) is 0 Å². The molecule has 0 amide bonds. The molecule has 15 nitrogen and oxygen atoms in total. The fourth-order valence-electron chi connectivity index (χ4n) is 8.95. The summed E-state index contributed by atoms with van der Waals surface area (Å²) in [6.45, 7) is 24.0. The highest BCUT2D eigenvalue weighted by atomic mass is 19.2. The zero-order valence-electron chi connectivity index (χ0n) is 37.9. The van der Waals surface area contributed by atoms with E-state index in [1.165, 1.54) is 36.4 Å². The van der Waals surface area contributed by atoms with Gasteiger partial charge in [0, 0.05) is 16.7 Å². The number of halogens is 15. The van der Waals surface area contributed by atoms with Crippen molar-refractivity contribution in [1.82, 2.24) is 29.9 Å². The molecule has 0 N–H and O–H groups in total. The van der Waals surface area contributed by atoms with Crippen molar-refractivity contribution in [1.29, 1.82) is 31.6 Å². The Bertz CT molecular complexity index is 4620. The molecular weight excluding hydrogens is 1110 g/mol. The third kappa shape index (κ3) is 6.65. The molecule has 0 bridgehead atoms. The molecule has 0 unspecified atom stereocenters. The highest BCUT2D eigenvalue weighted by Gasteiger charge is 2.38. The molecule has 10 aromatic rings. The van der Waals surface area contributed by atoms with E-state index < -0.39 is 237 Å². The number of fused-ring (bicyclic) bond motifs is 9. The van der Waals surface area contributed by atoms with Crippen LogP contribution in [0.2, 0.25) is 0 Å². The molecule has 3 heterocycles. The van der Waals surface area contributed by atoms with E-state index in [2.05, 4.69) is 44.4 Å². The topological polar surface area (TPSA) is 233 Å². The van der Waals surface area contributed by atoms with Crippen LogP contribution >= 0.6 is 0 Å². The fraction of sp³-hybridized carbons (Fsp3) is 0. The average molecular weight is 1110 g/mol. The summed E-state index contributed by atoms with van der Waals surface area (Å²) >= 11 is 0. The van der Waals surface area contributed by atoms with Crippen molar-refractivity contribution in [3.05, 3.63) is 155 Å². The molecule has 0 spiro atoms. The maximum atomic E-state index is 15.7. The number of rotatable bonds is 3. The Kier molecular flexibility index (Phi) is 11.7. The lowest BCUT2D eigenvalue weighted by Gasteiger charge is -2.18. The van der Waals surface area contributed by atoms with E-state index in [1.54, 1.807) is 0 Å². The molecule has 3 aromatic heterocycles. The van der Waals surface area contributed by atoms with E-state index in [0.29, 0.717) is 0 Å². The Balaban J connectivity index is 1.54. The van der Waals surface area contributed by atoms with E-state index in [4.69, 9.17) is 19.7 Å². The van der Waals surface area contributed by atoms with Gasteiger partial charge in [-0.25, -0.2) is 100 Å². The fourth-order valence-corrected chi connectivity index (χ4v) is 8.95. The summed E-state index contributed by atoms with van der Waals surface area (Å²) in [6.07, 6.45) is 0. The average Bonchev–Trinajstić information content (AvgIpc) is 2.07. The van der Waals surface area contributed by atoms with E-state index in [0.717, 1.165) is 0 Å². The summed E-state index contributed by atoms with van der Waals surface area (Å²) in [4.78, 5) is 34.9. The van der Waals surface area contributed by atoms with Gasteiger partial charge in [-0.3, -0.25) is 9.97 Å². The van der Waals surface area contributed by atoms with Gasteiger partial charge in [-0.05, 0) is 0 Å². The van der Waals surface area contributed by atoms with Crippen molar-refractivity contribution in [3.63, 3.8) is 0 Å². The first-order chi connectivity index (χ1) is 38.6. The molecule has 0 aliphatic rings. The molecule has 0 fully saturated rings. The molecule has 0 aliphatic carbocycles. The van der Waals surface area contributed by atoms with Crippen molar-refractivity contribution in [3.8, 4) is 69.8 Å². The summed E-state index contributed by atoms with van der Waals surface area (Å²) in [7, 11) is 0. The molecular formula is C51F15N15. The monoisotopic (exact) mass is 1110 g/mol. The molecule has 81 heavy (non-hydrogen) atoms. The third-order valence-corrected chi connectivity index (χ3v) is 12.3. The third-order valence-electron chi connectivity index (χ3n) is 12.3. The van der Waals surface area contributed by atoms with Crippen molar-refractivity contribution in [2.45, 2.75) is 0 Å². The van der Waals surface area contributed by atoms with E-state index in [-0.39, 0.29) is 0 Å². The smallest absolute Gasteiger partial charge is 0.232 e. The lowest BCUT2D eigenvalue weighted by molar-refractivity contribution is 0.381. The van der Waals surface area contributed by atoms with Crippen LogP contribution in [0.4, 0.5) is 82.9 Å². The molecule has 0 atom stereocenters. The first-order valence-electron chi connectivity index (χ1n) is 21.0. The molecule has 7 aromatic carbocycles. The maximum Gasteiger partial charge on any atom is 0.232 e. The highest BCUT2D eigenvalue weighted by molar-refractivity contribution is 6.23. The van der Waals surface area contributed by atoms with Gasteiger partial charge in [0.05, 0.1) is 116 Å². The van der Waals surface area contributed by atoms with Crippen LogP contribution in [0, 0.1) is 175 Å². The zero-order valence-corrected chi connectivity index (χ0v) is 37.9. The lowest BCUT2D eigenvalue weighted by Crippen LogP contribution is -2.08. The number of benzene rings is 7. The van der Waals surface area contributed by atoms with Crippen molar-refractivity contribution < 1.29 is 65.9 Å². The first kappa shape index (κ1) is 52.2. The minimum absolute atomic E-state index is 0.923. The SMILES string of the molecule is [C-]#[N+]c1c(-c2c(F)c(F)c(F)c(F)c2F)c(C#N)c2nc3c(nc2c1C#N)c1nc2c([N+]#[C-])c(-c4c(F)c(F)c(F)c(F)c4F)c(C#N)c(C#N)c2nc1c1nc2c(C#N)c(-c4c(F)c(F)c(F)c(F)c4F)c(C#N)c([N+]#[C-])c2nc31. The maximum absolute atomic E-state index is 15.7. The number of nitriles is 6. The Morgan fingerprint density at radius 3 is 0.778 bits per heavy atom. The van der Waals surface area contributed by atoms with Gasteiger partial charge < -0.3 is 0 Å². The lowest BCUT2D eigenvalue weighted by atomic mass is 9.91. The Morgan fingerprint density at radius 1 is 0.222 bits per heavy atom. The van der Waals surface area contributed by atoms with Crippen molar-refractivity contribution in [2.24, 2.45) is 0 Å². The number of nitrogens with zero attached hydrogens (tertiary/aromatic N) is 15. The molecule has 0 radical (unpaired) electrons. The standard InChI is InChI=1S/C51F15N15/c1-73-37-15(9-72)42-40(14(8-71)18(37)21-26(56)32(62)36(66)33(63)27(21)57)77-47-49(79-42)51-46(76-39-11(5-68)10(4-67)17(43(75-3)45(39)81-51)20-24(54)30(60)35(65)31(61)25(20)55)48-50(47)80-44-38(74-2)12(6-69)16(13(7-70)41(44)78-48)19-22(52)28(58)34(64)29(59)23(19)53. The van der Waals surface area contributed by atoms with E-state index >= 15 is 26.3 Å². The number of hydrogen-bond acceptors (Lipinski definition) is 12. The molecule has 0 saturated carbocycles. The second-order valence-electron chi connectivity index (χ2n) is 16.1. The van der Waals surface area contributed by atoms with Crippen LogP contribution < -0.4 is 0 Å². The minimum Gasteiger partial charge on any atom is -0.254 e. The van der Waals surface area contributed by atoms with Crippen LogP contribution in [-0.2, 0) is 0 Å². The summed E-state index contributed by atoms with van der Waals surface area (Å²) in [5, 5.41) is 63.1. The van der Waals surface area contributed by atoms with Crippen molar-refractivity contribution in [2.75, 3.05) is 0 Å². The zero-order chi connectivity index (χ0) is 58.9. The summed E-state index contributed by atoms with van der Waals surface area (Å²) in [6, 6.07) is 8.25. The van der Waals surface area contributed by atoms with Gasteiger partial charge in [0.2, 0.25) is 34.5 Å². The largest absolute Gasteiger partial charge is 0.254 e. The Morgan fingerprint density at radius 2 is 0.457 bits per heavy atom. The number of hydrogen-bond donors (Lipinski definition) is 0. The Labute approximate surface area is 434 Å². The van der Waals surface area contributed by atoms with Gasteiger partial charge in [0.15, 0.2) is 69.8 Å². The van der Waals surface area contributed by atoms with Crippen LogP contribution in [0.5, 0.6) is 0 Å².